The molecule has 0 saturated carbocycles. The van der Waals surface area contributed by atoms with Crippen LogP contribution in [0.25, 0.3) is 6.08 Å². The van der Waals surface area contributed by atoms with Crippen molar-refractivity contribution >= 4 is 11.9 Å². The van der Waals surface area contributed by atoms with Gasteiger partial charge in [-0.1, -0.05) is 29.8 Å². The molecule has 35 heavy (non-hydrogen) atoms. The second kappa shape index (κ2) is 9.35. The van der Waals surface area contributed by atoms with Crippen LogP contribution in [0.4, 0.5) is 0 Å². The number of ketones is 1. The van der Waals surface area contributed by atoms with Crippen molar-refractivity contribution in [1.82, 2.24) is 4.90 Å². The van der Waals surface area contributed by atoms with E-state index in [9.17, 15) is 4.79 Å². The maximum atomic E-state index is 13.2. The number of ether oxygens (including phenoxy) is 5. The van der Waals surface area contributed by atoms with Gasteiger partial charge in [-0.15, -0.1) is 0 Å². The maximum absolute atomic E-state index is 13.2. The van der Waals surface area contributed by atoms with E-state index in [0.717, 1.165) is 17.9 Å². The van der Waals surface area contributed by atoms with Crippen LogP contribution >= 0.6 is 0 Å². The lowest BCUT2D eigenvalue weighted by Crippen LogP contribution is -2.31. The number of nitrogens with zero attached hydrogens (tertiary/aromatic N) is 1. The highest BCUT2D eigenvalue weighted by atomic mass is 16.5. The van der Waals surface area contributed by atoms with Crippen LogP contribution in [-0.2, 0) is 13.1 Å². The molecule has 0 amide bonds. The van der Waals surface area contributed by atoms with Gasteiger partial charge in [0.15, 0.2) is 17.3 Å². The Bertz CT molecular complexity index is 1310. The molecule has 0 spiro atoms. The van der Waals surface area contributed by atoms with E-state index in [0.29, 0.717) is 47.4 Å². The van der Waals surface area contributed by atoms with Crippen molar-refractivity contribution in [2.75, 3.05) is 28.1 Å². The Morgan fingerprint density at radius 3 is 2.43 bits per heavy atom. The van der Waals surface area contributed by atoms with Gasteiger partial charge in [-0.2, -0.15) is 0 Å². The normalized spacial score (nSPS) is 15.8. The van der Waals surface area contributed by atoms with Gasteiger partial charge in [0.2, 0.25) is 11.5 Å². The lowest BCUT2D eigenvalue weighted by atomic mass is 10.0. The summed E-state index contributed by atoms with van der Waals surface area (Å²) < 4.78 is 28.5. The number of methoxy groups -OCH3 is 3. The summed E-state index contributed by atoms with van der Waals surface area (Å²) in [6.45, 7) is 3.90. The molecule has 0 fully saturated rings. The van der Waals surface area contributed by atoms with E-state index >= 15 is 0 Å². The summed E-state index contributed by atoms with van der Waals surface area (Å²) in [5.41, 5.74) is 4.47. The van der Waals surface area contributed by atoms with Gasteiger partial charge in [0.25, 0.3) is 0 Å². The number of rotatable bonds is 6. The van der Waals surface area contributed by atoms with E-state index in [1.54, 1.807) is 45.6 Å². The van der Waals surface area contributed by atoms with Gasteiger partial charge in [-0.3, -0.25) is 9.69 Å². The fraction of sp³-hybridized carbons (Fsp3) is 0.250. The van der Waals surface area contributed by atoms with Crippen LogP contribution in [0.15, 0.2) is 54.3 Å². The van der Waals surface area contributed by atoms with E-state index in [-0.39, 0.29) is 11.5 Å². The summed E-state index contributed by atoms with van der Waals surface area (Å²) in [6, 6.07) is 15.6. The average molecular weight is 474 g/mol. The predicted octanol–water partition coefficient (Wildman–Crippen LogP) is 4.99. The predicted molar refractivity (Wildman–Crippen MR) is 131 cm³/mol. The fourth-order valence-electron chi connectivity index (χ4n) is 4.44. The quantitative estimate of drug-likeness (QED) is 0.467. The van der Waals surface area contributed by atoms with Gasteiger partial charge in [-0.25, -0.2) is 0 Å². The molecule has 2 heterocycles. The van der Waals surface area contributed by atoms with Crippen LogP contribution in [0, 0.1) is 6.92 Å². The third kappa shape index (κ3) is 4.19. The Hall–Kier alpha value is -3.97. The largest absolute Gasteiger partial charge is 0.493 e. The lowest BCUT2D eigenvalue weighted by Gasteiger charge is -2.29. The van der Waals surface area contributed by atoms with Crippen molar-refractivity contribution < 1.29 is 28.5 Å². The van der Waals surface area contributed by atoms with Crippen molar-refractivity contribution in [3.05, 3.63) is 82.1 Å². The van der Waals surface area contributed by atoms with Crippen molar-refractivity contribution in [3.8, 4) is 28.7 Å². The van der Waals surface area contributed by atoms with Crippen LogP contribution in [-0.4, -0.2) is 38.7 Å². The van der Waals surface area contributed by atoms with E-state index in [1.165, 1.54) is 11.1 Å². The van der Waals surface area contributed by atoms with E-state index in [2.05, 4.69) is 36.1 Å². The van der Waals surface area contributed by atoms with Crippen molar-refractivity contribution in [2.45, 2.75) is 20.0 Å². The minimum absolute atomic E-state index is 0.185. The molecule has 180 valence electrons. The number of aryl methyl sites for hydroxylation is 1. The smallest absolute Gasteiger partial charge is 0.231 e. The topological polar surface area (TPSA) is 66.5 Å². The molecule has 0 N–H and O–H groups in total. The molecule has 3 aromatic carbocycles. The molecular weight excluding hydrogens is 446 g/mol. The number of hydrogen-bond donors (Lipinski definition) is 0. The summed E-state index contributed by atoms with van der Waals surface area (Å²) in [4.78, 5) is 15.4. The fourth-order valence-corrected chi connectivity index (χ4v) is 4.44. The molecule has 7 heteroatoms. The first-order chi connectivity index (χ1) is 17.0. The third-order valence-electron chi connectivity index (χ3n) is 6.23. The highest BCUT2D eigenvalue weighted by molar-refractivity contribution is 6.15. The van der Waals surface area contributed by atoms with Gasteiger partial charge < -0.3 is 23.7 Å². The number of Topliss-reactive ketones (excluding diaryl/α,β-unsaturated/α-hetero) is 1. The molecule has 0 radical (unpaired) electrons. The lowest BCUT2D eigenvalue weighted by molar-refractivity contribution is 0.0873. The minimum atomic E-state index is -0.185. The molecule has 0 atom stereocenters. The standard InChI is InChI=1S/C28H27NO6/c1-17-5-7-18(8-6-17)14-29-15-21-22(34-16-29)12-10-20-25(30)24(35-27(20)21)13-19-9-11-23(31-2)28(33-4)26(19)32-3/h5-13H,14-16H2,1-4H3/b24-13-. The summed E-state index contributed by atoms with van der Waals surface area (Å²) in [7, 11) is 4.64. The molecule has 0 saturated heterocycles. The van der Waals surface area contributed by atoms with E-state index in [1.807, 2.05) is 6.07 Å². The number of fused-ring (bicyclic) bond motifs is 3. The van der Waals surface area contributed by atoms with Crippen LogP contribution in [0.3, 0.4) is 0 Å². The summed E-state index contributed by atoms with van der Waals surface area (Å²) in [5.74, 6) is 2.76. The second-order valence-electron chi connectivity index (χ2n) is 8.53. The Labute approximate surface area is 204 Å². The molecule has 2 aliphatic rings. The van der Waals surface area contributed by atoms with Crippen LogP contribution < -0.4 is 23.7 Å². The monoisotopic (exact) mass is 473 g/mol. The Kier molecular flexibility index (Phi) is 6.09. The summed E-state index contributed by atoms with van der Waals surface area (Å²) >= 11 is 0. The first-order valence-corrected chi connectivity index (χ1v) is 11.3. The first-order valence-electron chi connectivity index (χ1n) is 11.3. The highest BCUT2D eigenvalue weighted by Crippen LogP contribution is 2.44. The van der Waals surface area contributed by atoms with Gasteiger partial charge in [0, 0.05) is 18.7 Å². The van der Waals surface area contributed by atoms with E-state index < -0.39 is 0 Å². The molecule has 0 unspecified atom stereocenters. The molecule has 5 rings (SSSR count). The number of carbonyl (C=O) groups is 1. The number of benzene rings is 3. The Morgan fingerprint density at radius 2 is 1.71 bits per heavy atom. The zero-order valence-corrected chi connectivity index (χ0v) is 20.2. The SMILES string of the molecule is COc1ccc(/C=C2\Oc3c(ccc4c3CN(Cc3ccc(C)cc3)CO4)C2=O)c(OC)c1OC. The molecule has 7 nitrogen and oxygen atoms in total. The van der Waals surface area contributed by atoms with Crippen LogP contribution in [0.5, 0.6) is 28.7 Å². The van der Waals surface area contributed by atoms with Crippen LogP contribution in [0.1, 0.15) is 32.6 Å². The average Bonchev–Trinajstić information content (AvgIpc) is 3.20. The van der Waals surface area contributed by atoms with Crippen molar-refractivity contribution in [3.63, 3.8) is 0 Å². The zero-order chi connectivity index (χ0) is 24.5. The first kappa shape index (κ1) is 22.8. The van der Waals surface area contributed by atoms with Gasteiger partial charge in [-0.05, 0) is 42.8 Å². The third-order valence-corrected chi connectivity index (χ3v) is 6.23. The molecule has 3 aromatic rings. The molecule has 0 aromatic heterocycles. The summed E-state index contributed by atoms with van der Waals surface area (Å²) in [5, 5.41) is 0. The summed E-state index contributed by atoms with van der Waals surface area (Å²) in [6.07, 6.45) is 1.67. The minimum Gasteiger partial charge on any atom is -0.493 e. The van der Waals surface area contributed by atoms with Gasteiger partial charge >= 0.3 is 0 Å². The van der Waals surface area contributed by atoms with Crippen LogP contribution in [0.2, 0.25) is 0 Å². The highest BCUT2D eigenvalue weighted by Gasteiger charge is 2.34. The van der Waals surface area contributed by atoms with Crippen molar-refractivity contribution in [2.24, 2.45) is 0 Å². The van der Waals surface area contributed by atoms with Crippen molar-refractivity contribution in [1.29, 1.82) is 0 Å². The number of allylic oxidation sites excluding steroid dienone is 1. The zero-order valence-electron chi connectivity index (χ0n) is 20.2. The Morgan fingerprint density at radius 1 is 0.943 bits per heavy atom. The second-order valence-corrected chi connectivity index (χ2v) is 8.53. The Balaban J connectivity index is 1.45. The number of hydrogen-bond acceptors (Lipinski definition) is 7. The van der Waals surface area contributed by atoms with Gasteiger partial charge in [0.1, 0.15) is 18.2 Å². The molecule has 0 aliphatic carbocycles. The maximum Gasteiger partial charge on any atom is 0.231 e. The van der Waals surface area contributed by atoms with Gasteiger partial charge in [0.05, 0.1) is 32.5 Å². The molecule has 2 aliphatic heterocycles. The molecule has 0 bridgehead atoms. The van der Waals surface area contributed by atoms with E-state index in [4.69, 9.17) is 23.7 Å². The molecular formula is C28H27NO6. The number of carbonyl (C=O) groups excluding carboxylic acids is 1.